The summed E-state index contributed by atoms with van der Waals surface area (Å²) in [7, 11) is 0. The van der Waals surface area contributed by atoms with Crippen molar-refractivity contribution in [2.24, 2.45) is 5.73 Å². The summed E-state index contributed by atoms with van der Waals surface area (Å²) in [4.78, 5) is 0. The van der Waals surface area contributed by atoms with Gasteiger partial charge in [0.25, 0.3) is 0 Å². The lowest BCUT2D eigenvalue weighted by molar-refractivity contribution is 0.431. The molecule has 2 aromatic rings. The van der Waals surface area contributed by atoms with Crippen LogP contribution in [0.1, 0.15) is 12.5 Å². The van der Waals surface area contributed by atoms with Gasteiger partial charge in [0.1, 0.15) is 5.82 Å². The lowest BCUT2D eigenvalue weighted by Gasteiger charge is -2.24. The predicted molar refractivity (Wildman–Crippen MR) is 60.9 cm³/mol. The van der Waals surface area contributed by atoms with Crippen LogP contribution in [0.3, 0.4) is 0 Å². The lowest BCUT2D eigenvalue weighted by atomic mass is 10.1. The van der Waals surface area contributed by atoms with E-state index in [-0.39, 0.29) is 0 Å². The minimum absolute atomic E-state index is 0.341. The third-order valence-electron chi connectivity index (χ3n) is 2.99. The zero-order valence-corrected chi connectivity index (χ0v) is 8.48. The number of anilines is 1. The highest BCUT2D eigenvalue weighted by Crippen LogP contribution is 2.29. The molecule has 0 aliphatic carbocycles. The number of fused-ring (bicyclic) bond motifs is 3. The van der Waals surface area contributed by atoms with E-state index < -0.39 is 0 Å². The Bertz CT molecular complexity index is 488. The Morgan fingerprint density at radius 2 is 2.33 bits per heavy atom. The van der Waals surface area contributed by atoms with Crippen LogP contribution in [0.15, 0.2) is 24.3 Å². The Labute approximate surface area is 88.1 Å². The Morgan fingerprint density at radius 1 is 1.47 bits per heavy atom. The molecule has 1 aromatic heterocycles. The zero-order valence-electron chi connectivity index (χ0n) is 8.48. The highest BCUT2D eigenvalue weighted by Gasteiger charge is 2.21. The summed E-state index contributed by atoms with van der Waals surface area (Å²) >= 11 is 0. The van der Waals surface area contributed by atoms with Crippen molar-refractivity contribution in [3.8, 4) is 0 Å². The van der Waals surface area contributed by atoms with Gasteiger partial charge in [-0.3, -0.25) is 0 Å². The average molecular weight is 202 g/mol. The predicted octanol–water partition coefficient (Wildman–Crippen LogP) is 1.35. The highest BCUT2D eigenvalue weighted by molar-refractivity contribution is 5.90. The van der Waals surface area contributed by atoms with Crippen LogP contribution in [0.4, 0.5) is 5.82 Å². The van der Waals surface area contributed by atoms with E-state index in [0.29, 0.717) is 12.6 Å². The molecule has 1 aromatic carbocycles. The molecule has 3 rings (SSSR count). The van der Waals surface area contributed by atoms with Gasteiger partial charge in [0.05, 0.1) is 11.6 Å². The van der Waals surface area contributed by atoms with Crippen molar-refractivity contribution in [2.75, 3.05) is 18.4 Å². The van der Waals surface area contributed by atoms with Gasteiger partial charge in [-0.25, -0.2) is 4.68 Å². The third kappa shape index (κ3) is 1.22. The largest absolute Gasteiger partial charge is 0.370 e. The van der Waals surface area contributed by atoms with Gasteiger partial charge in [0.15, 0.2) is 0 Å². The summed E-state index contributed by atoms with van der Waals surface area (Å²) in [6.07, 6.45) is 1.05. The van der Waals surface area contributed by atoms with Crippen molar-refractivity contribution in [3.63, 3.8) is 0 Å². The minimum atomic E-state index is 0.341. The van der Waals surface area contributed by atoms with Crippen LogP contribution >= 0.6 is 0 Å². The van der Waals surface area contributed by atoms with E-state index in [4.69, 9.17) is 5.73 Å². The Balaban J connectivity index is 2.24. The molecule has 4 nitrogen and oxygen atoms in total. The number of aromatic nitrogens is 2. The van der Waals surface area contributed by atoms with E-state index in [1.54, 1.807) is 0 Å². The number of nitrogens with zero attached hydrogens (tertiary/aromatic N) is 2. The molecule has 1 unspecified atom stereocenters. The third-order valence-corrected chi connectivity index (χ3v) is 2.99. The van der Waals surface area contributed by atoms with Gasteiger partial charge in [-0.15, -0.1) is 0 Å². The van der Waals surface area contributed by atoms with Gasteiger partial charge < -0.3 is 11.1 Å². The van der Waals surface area contributed by atoms with E-state index in [1.807, 2.05) is 22.9 Å². The monoisotopic (exact) mass is 202 g/mol. The first-order valence-corrected chi connectivity index (χ1v) is 5.31. The van der Waals surface area contributed by atoms with Crippen LogP contribution in [-0.4, -0.2) is 22.9 Å². The van der Waals surface area contributed by atoms with Crippen LogP contribution in [0, 0.1) is 0 Å². The first kappa shape index (κ1) is 8.73. The van der Waals surface area contributed by atoms with E-state index in [0.717, 1.165) is 24.3 Å². The fraction of sp³-hybridized carbons (Fsp3) is 0.364. The first-order valence-electron chi connectivity index (χ1n) is 5.31. The molecule has 0 saturated heterocycles. The summed E-state index contributed by atoms with van der Waals surface area (Å²) in [5, 5.41) is 9.16. The average Bonchev–Trinajstić information content (AvgIpc) is 2.67. The summed E-state index contributed by atoms with van der Waals surface area (Å²) in [5.41, 5.74) is 6.79. The molecular formula is C11H14N4. The number of nitrogens with one attached hydrogen (secondary N) is 1. The lowest BCUT2D eigenvalue weighted by Crippen LogP contribution is -2.28. The summed E-state index contributed by atoms with van der Waals surface area (Å²) in [6.45, 7) is 1.64. The van der Waals surface area contributed by atoms with Crippen molar-refractivity contribution >= 4 is 16.7 Å². The van der Waals surface area contributed by atoms with Gasteiger partial charge in [-0.05, 0) is 18.6 Å². The summed E-state index contributed by atoms with van der Waals surface area (Å²) < 4.78 is 2.04. The molecule has 1 aliphatic rings. The molecule has 78 valence electrons. The Morgan fingerprint density at radius 3 is 3.20 bits per heavy atom. The molecule has 0 saturated carbocycles. The fourth-order valence-electron chi connectivity index (χ4n) is 2.19. The molecule has 1 aliphatic heterocycles. The number of rotatable bonds is 1. The topological polar surface area (TPSA) is 55.9 Å². The molecule has 15 heavy (non-hydrogen) atoms. The molecule has 4 heteroatoms. The van der Waals surface area contributed by atoms with Crippen LogP contribution in [-0.2, 0) is 0 Å². The summed E-state index contributed by atoms with van der Waals surface area (Å²) in [5.74, 6) is 1.12. The second-order valence-electron chi connectivity index (χ2n) is 3.92. The Kier molecular flexibility index (Phi) is 1.89. The van der Waals surface area contributed by atoms with Gasteiger partial charge in [0, 0.05) is 18.5 Å². The number of hydrogen-bond donors (Lipinski definition) is 2. The molecule has 0 bridgehead atoms. The molecule has 0 fully saturated rings. The smallest absolute Gasteiger partial charge is 0.132 e. The van der Waals surface area contributed by atoms with Crippen LogP contribution < -0.4 is 11.1 Å². The summed E-state index contributed by atoms with van der Waals surface area (Å²) in [6, 6.07) is 8.53. The number of benzene rings is 1. The van der Waals surface area contributed by atoms with Gasteiger partial charge in [0.2, 0.25) is 0 Å². The number of hydrogen-bond acceptors (Lipinski definition) is 3. The Hall–Kier alpha value is -1.55. The molecule has 3 N–H and O–H groups in total. The van der Waals surface area contributed by atoms with Crippen molar-refractivity contribution in [1.29, 1.82) is 0 Å². The van der Waals surface area contributed by atoms with Crippen LogP contribution in [0.25, 0.3) is 10.9 Å². The SMILES string of the molecule is NCC1CCNc2c3ccccc3nn21. The van der Waals surface area contributed by atoms with E-state index in [2.05, 4.69) is 16.5 Å². The standard InChI is InChI=1S/C11H14N4/c12-7-8-5-6-13-11-9-3-1-2-4-10(9)14-15(8)11/h1-4,8,13H,5-7,12H2. The molecule has 2 heterocycles. The van der Waals surface area contributed by atoms with E-state index >= 15 is 0 Å². The molecule has 1 atom stereocenters. The molecule has 0 radical (unpaired) electrons. The fourth-order valence-corrected chi connectivity index (χ4v) is 2.19. The maximum Gasteiger partial charge on any atom is 0.132 e. The minimum Gasteiger partial charge on any atom is -0.370 e. The van der Waals surface area contributed by atoms with E-state index in [1.165, 1.54) is 5.39 Å². The van der Waals surface area contributed by atoms with Gasteiger partial charge >= 0.3 is 0 Å². The second kappa shape index (κ2) is 3.24. The maximum absolute atomic E-state index is 5.75. The van der Waals surface area contributed by atoms with Crippen LogP contribution in [0.2, 0.25) is 0 Å². The van der Waals surface area contributed by atoms with Crippen molar-refractivity contribution in [1.82, 2.24) is 9.78 Å². The molecule has 0 amide bonds. The maximum atomic E-state index is 5.75. The van der Waals surface area contributed by atoms with Gasteiger partial charge in [-0.2, -0.15) is 5.10 Å². The quantitative estimate of drug-likeness (QED) is 0.734. The highest BCUT2D eigenvalue weighted by atomic mass is 15.4. The van der Waals surface area contributed by atoms with Crippen LogP contribution in [0.5, 0.6) is 0 Å². The second-order valence-corrected chi connectivity index (χ2v) is 3.92. The number of nitrogens with two attached hydrogens (primary N) is 1. The normalized spacial score (nSPS) is 19.9. The van der Waals surface area contributed by atoms with Crippen molar-refractivity contribution < 1.29 is 0 Å². The molecular weight excluding hydrogens is 188 g/mol. The van der Waals surface area contributed by atoms with Crippen molar-refractivity contribution in [3.05, 3.63) is 24.3 Å². The molecule has 0 spiro atoms. The first-order chi connectivity index (χ1) is 7.40. The van der Waals surface area contributed by atoms with E-state index in [9.17, 15) is 0 Å². The van der Waals surface area contributed by atoms with Gasteiger partial charge in [-0.1, -0.05) is 12.1 Å². The zero-order chi connectivity index (χ0) is 10.3. The van der Waals surface area contributed by atoms with Crippen molar-refractivity contribution in [2.45, 2.75) is 12.5 Å².